The van der Waals surface area contributed by atoms with Crippen LogP contribution in [0.3, 0.4) is 0 Å². The van der Waals surface area contributed by atoms with Crippen molar-refractivity contribution in [1.29, 1.82) is 0 Å². The summed E-state index contributed by atoms with van der Waals surface area (Å²) in [6.07, 6.45) is -0.484. The Morgan fingerprint density at radius 3 is 3.00 bits per heavy atom. The molecule has 1 unspecified atom stereocenters. The molecule has 1 aromatic carbocycles. The van der Waals surface area contributed by atoms with Gasteiger partial charge in [-0.05, 0) is 37.6 Å². The van der Waals surface area contributed by atoms with Crippen LogP contribution in [0.5, 0.6) is 5.75 Å². The minimum Gasteiger partial charge on any atom is -0.477 e. The number of hydrogen-bond donors (Lipinski definition) is 2. The van der Waals surface area contributed by atoms with Crippen molar-refractivity contribution in [3.8, 4) is 5.75 Å². The Morgan fingerprint density at radius 1 is 1.43 bits per heavy atom. The number of nitrogens with one attached hydrogen (secondary N) is 2. The largest absolute Gasteiger partial charge is 0.477 e. The Balaban J connectivity index is 1.59. The monoisotopic (exact) mass is 302 g/mol. The van der Waals surface area contributed by atoms with Crippen molar-refractivity contribution in [1.82, 2.24) is 5.32 Å². The van der Waals surface area contributed by atoms with Gasteiger partial charge in [0, 0.05) is 9.75 Å². The zero-order valence-electron chi connectivity index (χ0n) is 12.1. The van der Waals surface area contributed by atoms with Crippen molar-refractivity contribution in [2.24, 2.45) is 0 Å². The molecule has 0 radical (unpaired) electrons. The molecule has 4 nitrogen and oxygen atoms in total. The molecule has 2 N–H and O–H groups in total. The standard InChI is InChI=1S/C16H18N2O2S/c1-10-7-12(21-11(10)2)8-18-16(19)15-9-17-13-5-3-4-6-14(13)20-15/h3-7,15,17H,8-9H2,1-2H3,(H,18,19). The molecule has 110 valence electrons. The summed E-state index contributed by atoms with van der Waals surface area (Å²) in [5.74, 6) is 0.646. The number of benzene rings is 1. The average molecular weight is 302 g/mol. The van der Waals surface area contributed by atoms with Crippen LogP contribution >= 0.6 is 11.3 Å². The summed E-state index contributed by atoms with van der Waals surface area (Å²) in [6, 6.07) is 9.78. The zero-order chi connectivity index (χ0) is 14.8. The summed E-state index contributed by atoms with van der Waals surface area (Å²) < 4.78 is 5.74. The SMILES string of the molecule is Cc1cc(CNC(=O)C2CNc3ccccc3O2)sc1C. The predicted octanol–water partition coefficient (Wildman–Crippen LogP) is 2.85. The maximum atomic E-state index is 12.2. The molecule has 0 fully saturated rings. The van der Waals surface area contributed by atoms with E-state index >= 15 is 0 Å². The van der Waals surface area contributed by atoms with Crippen LogP contribution in [-0.4, -0.2) is 18.6 Å². The number of amides is 1. The number of rotatable bonds is 3. The second-order valence-corrected chi connectivity index (χ2v) is 6.49. The van der Waals surface area contributed by atoms with Crippen LogP contribution in [0, 0.1) is 13.8 Å². The van der Waals surface area contributed by atoms with Crippen LogP contribution in [-0.2, 0) is 11.3 Å². The van der Waals surface area contributed by atoms with E-state index in [4.69, 9.17) is 4.74 Å². The van der Waals surface area contributed by atoms with Gasteiger partial charge in [0.1, 0.15) is 5.75 Å². The molecule has 5 heteroatoms. The summed E-state index contributed by atoms with van der Waals surface area (Å²) in [7, 11) is 0. The summed E-state index contributed by atoms with van der Waals surface area (Å²) in [5.41, 5.74) is 2.21. The van der Waals surface area contributed by atoms with E-state index in [1.807, 2.05) is 24.3 Å². The van der Waals surface area contributed by atoms with Crippen molar-refractivity contribution in [2.75, 3.05) is 11.9 Å². The minimum absolute atomic E-state index is 0.0827. The summed E-state index contributed by atoms with van der Waals surface area (Å²) in [5, 5.41) is 6.17. The molecule has 21 heavy (non-hydrogen) atoms. The normalized spacial score (nSPS) is 16.6. The molecule has 1 amide bonds. The second-order valence-electron chi connectivity index (χ2n) is 5.15. The fourth-order valence-corrected chi connectivity index (χ4v) is 3.28. The van der Waals surface area contributed by atoms with Gasteiger partial charge in [0.05, 0.1) is 18.8 Å². The fraction of sp³-hybridized carbons (Fsp3) is 0.312. The van der Waals surface area contributed by atoms with Crippen LogP contribution < -0.4 is 15.4 Å². The molecule has 2 heterocycles. The van der Waals surface area contributed by atoms with E-state index < -0.39 is 6.10 Å². The number of fused-ring (bicyclic) bond motifs is 1. The van der Waals surface area contributed by atoms with E-state index in [2.05, 4.69) is 30.5 Å². The van der Waals surface area contributed by atoms with Gasteiger partial charge in [-0.15, -0.1) is 11.3 Å². The van der Waals surface area contributed by atoms with Crippen LogP contribution in [0.25, 0.3) is 0 Å². The molecule has 0 saturated carbocycles. The maximum absolute atomic E-state index is 12.2. The summed E-state index contributed by atoms with van der Waals surface area (Å²) >= 11 is 1.72. The molecule has 0 aliphatic carbocycles. The van der Waals surface area contributed by atoms with Gasteiger partial charge in [0.2, 0.25) is 0 Å². The van der Waals surface area contributed by atoms with Crippen LogP contribution in [0.2, 0.25) is 0 Å². The molecule has 1 aromatic heterocycles. The van der Waals surface area contributed by atoms with E-state index in [-0.39, 0.29) is 5.91 Å². The molecule has 1 aliphatic heterocycles. The van der Waals surface area contributed by atoms with Gasteiger partial charge in [-0.1, -0.05) is 12.1 Å². The highest BCUT2D eigenvalue weighted by Gasteiger charge is 2.25. The smallest absolute Gasteiger partial charge is 0.263 e. The van der Waals surface area contributed by atoms with Gasteiger partial charge in [-0.2, -0.15) is 0 Å². The maximum Gasteiger partial charge on any atom is 0.263 e. The molecule has 1 atom stereocenters. The number of aryl methyl sites for hydroxylation is 2. The Kier molecular flexibility index (Phi) is 3.84. The lowest BCUT2D eigenvalue weighted by atomic mass is 10.2. The van der Waals surface area contributed by atoms with E-state index in [0.29, 0.717) is 13.1 Å². The van der Waals surface area contributed by atoms with Gasteiger partial charge in [0.25, 0.3) is 5.91 Å². The van der Waals surface area contributed by atoms with E-state index in [1.54, 1.807) is 11.3 Å². The lowest BCUT2D eigenvalue weighted by molar-refractivity contribution is -0.127. The number of anilines is 1. The molecule has 2 aromatic rings. The quantitative estimate of drug-likeness (QED) is 0.916. The molecule has 1 aliphatic rings. The van der Waals surface area contributed by atoms with Crippen LogP contribution in [0.4, 0.5) is 5.69 Å². The third kappa shape index (κ3) is 3.03. The molecular formula is C16H18N2O2S. The Labute approximate surface area is 128 Å². The third-order valence-corrected chi connectivity index (χ3v) is 4.73. The third-order valence-electron chi connectivity index (χ3n) is 3.58. The zero-order valence-corrected chi connectivity index (χ0v) is 12.9. The average Bonchev–Trinajstić information content (AvgIpc) is 2.83. The lowest BCUT2D eigenvalue weighted by Gasteiger charge is -2.26. The van der Waals surface area contributed by atoms with Gasteiger partial charge in [-0.25, -0.2) is 0 Å². The summed E-state index contributed by atoms with van der Waals surface area (Å²) in [6.45, 7) is 5.23. The number of carbonyl (C=O) groups is 1. The topological polar surface area (TPSA) is 50.4 Å². The molecule has 0 saturated heterocycles. The highest BCUT2D eigenvalue weighted by atomic mass is 32.1. The van der Waals surface area contributed by atoms with E-state index in [1.165, 1.54) is 15.3 Å². The van der Waals surface area contributed by atoms with Crippen molar-refractivity contribution in [2.45, 2.75) is 26.5 Å². The summed E-state index contributed by atoms with van der Waals surface area (Å²) in [4.78, 5) is 14.7. The highest BCUT2D eigenvalue weighted by Crippen LogP contribution is 2.28. The predicted molar refractivity (Wildman–Crippen MR) is 85.0 cm³/mol. The minimum atomic E-state index is -0.484. The van der Waals surface area contributed by atoms with Gasteiger partial charge in [0.15, 0.2) is 6.10 Å². The fourth-order valence-electron chi connectivity index (χ4n) is 2.28. The highest BCUT2D eigenvalue weighted by molar-refractivity contribution is 7.12. The number of thiophene rings is 1. The van der Waals surface area contributed by atoms with Crippen molar-refractivity contribution < 1.29 is 9.53 Å². The van der Waals surface area contributed by atoms with Crippen molar-refractivity contribution >= 4 is 22.9 Å². The first-order chi connectivity index (χ1) is 10.1. The van der Waals surface area contributed by atoms with Crippen molar-refractivity contribution in [3.63, 3.8) is 0 Å². The van der Waals surface area contributed by atoms with Gasteiger partial charge >= 0.3 is 0 Å². The molecular weight excluding hydrogens is 284 g/mol. The number of para-hydroxylation sites is 2. The first kappa shape index (κ1) is 13.9. The second kappa shape index (κ2) is 5.77. The van der Waals surface area contributed by atoms with Crippen LogP contribution in [0.15, 0.2) is 30.3 Å². The molecule has 0 spiro atoms. The molecule has 3 rings (SSSR count). The number of ether oxygens (including phenoxy) is 1. The Hall–Kier alpha value is -2.01. The van der Waals surface area contributed by atoms with Gasteiger partial charge < -0.3 is 15.4 Å². The lowest BCUT2D eigenvalue weighted by Crippen LogP contribution is -2.44. The van der Waals surface area contributed by atoms with E-state index in [0.717, 1.165) is 11.4 Å². The Bertz CT molecular complexity index is 647. The van der Waals surface area contributed by atoms with E-state index in [9.17, 15) is 4.79 Å². The first-order valence-electron chi connectivity index (χ1n) is 6.96. The van der Waals surface area contributed by atoms with Crippen molar-refractivity contribution in [3.05, 3.63) is 45.6 Å². The Morgan fingerprint density at radius 2 is 2.24 bits per heavy atom. The first-order valence-corrected chi connectivity index (χ1v) is 7.78. The number of carbonyl (C=O) groups excluding carboxylic acids is 1. The molecule has 0 bridgehead atoms. The van der Waals surface area contributed by atoms with Crippen LogP contribution in [0.1, 0.15) is 15.3 Å². The van der Waals surface area contributed by atoms with Gasteiger partial charge in [-0.3, -0.25) is 4.79 Å². The number of hydrogen-bond acceptors (Lipinski definition) is 4.